The number of hydrogen-bond donors (Lipinski definition) is 3. The largest absolute Gasteiger partial charge is 0.370 e. The number of primary amides is 1. The Morgan fingerprint density at radius 3 is 2.56 bits per heavy atom. The highest BCUT2D eigenvalue weighted by Crippen LogP contribution is 2.58. The van der Waals surface area contributed by atoms with Crippen molar-refractivity contribution in [3.63, 3.8) is 0 Å². The van der Waals surface area contributed by atoms with Crippen LogP contribution in [0.2, 0.25) is 0 Å². The molecular weight excluding hydrogens is 230 g/mol. The van der Waals surface area contributed by atoms with Crippen LogP contribution in [0.3, 0.4) is 0 Å². The summed E-state index contributed by atoms with van der Waals surface area (Å²) in [4.78, 5) is 23.1. The van der Waals surface area contributed by atoms with E-state index in [1.165, 1.54) is 0 Å². The average Bonchev–Trinajstić information content (AvgIpc) is 2.90. The highest BCUT2D eigenvalue weighted by Gasteiger charge is 2.58. The fourth-order valence-electron chi connectivity index (χ4n) is 3.10. The Bertz CT molecular complexity index is 359. The number of carbonyl (C=O) groups excluding carboxylic acids is 2. The van der Waals surface area contributed by atoms with Crippen LogP contribution in [0, 0.1) is 11.3 Å². The first-order valence-electron chi connectivity index (χ1n) is 6.66. The maximum absolute atomic E-state index is 12.2. The topological polar surface area (TPSA) is 84.2 Å². The second-order valence-electron chi connectivity index (χ2n) is 6.39. The molecule has 2 aliphatic rings. The van der Waals surface area contributed by atoms with E-state index in [1.54, 1.807) is 0 Å². The van der Waals surface area contributed by atoms with Gasteiger partial charge in [0.05, 0.1) is 0 Å². The van der Waals surface area contributed by atoms with Crippen molar-refractivity contribution in [1.29, 1.82) is 0 Å². The van der Waals surface area contributed by atoms with E-state index in [9.17, 15) is 9.59 Å². The lowest BCUT2D eigenvalue weighted by molar-refractivity contribution is -0.125. The van der Waals surface area contributed by atoms with Crippen LogP contribution in [0.5, 0.6) is 0 Å². The van der Waals surface area contributed by atoms with Gasteiger partial charge in [-0.05, 0) is 51.6 Å². The quantitative estimate of drug-likeness (QED) is 0.666. The lowest BCUT2D eigenvalue weighted by Crippen LogP contribution is -2.47. The molecule has 2 rings (SSSR count). The van der Waals surface area contributed by atoms with Gasteiger partial charge in [0.2, 0.25) is 11.8 Å². The first-order chi connectivity index (χ1) is 8.35. The van der Waals surface area contributed by atoms with E-state index in [0.717, 1.165) is 32.4 Å². The standard InChI is InChI=1S/C13H23N3O2/c1-12(2,8-10(14)17)16-11(18)9-7-13(9)3-5-15-6-4-13/h9,15H,3-8H2,1-2H3,(H2,14,17)(H,16,18). The molecule has 5 nitrogen and oxygen atoms in total. The van der Waals surface area contributed by atoms with Crippen molar-refractivity contribution in [2.24, 2.45) is 17.1 Å². The maximum atomic E-state index is 12.2. The minimum absolute atomic E-state index is 0.0863. The van der Waals surface area contributed by atoms with Gasteiger partial charge >= 0.3 is 0 Å². The van der Waals surface area contributed by atoms with Gasteiger partial charge in [-0.15, -0.1) is 0 Å². The van der Waals surface area contributed by atoms with Gasteiger partial charge in [0.15, 0.2) is 0 Å². The molecule has 1 saturated carbocycles. The Hall–Kier alpha value is -1.10. The molecule has 1 atom stereocenters. The van der Waals surface area contributed by atoms with Crippen molar-refractivity contribution in [3.05, 3.63) is 0 Å². The molecule has 1 aliphatic carbocycles. The van der Waals surface area contributed by atoms with Crippen molar-refractivity contribution in [2.75, 3.05) is 13.1 Å². The molecule has 5 heteroatoms. The Labute approximate surface area is 108 Å². The molecule has 2 fully saturated rings. The zero-order valence-electron chi connectivity index (χ0n) is 11.2. The number of rotatable bonds is 4. The molecule has 1 heterocycles. The molecule has 0 radical (unpaired) electrons. The van der Waals surface area contributed by atoms with E-state index in [1.807, 2.05) is 13.8 Å². The van der Waals surface area contributed by atoms with Crippen molar-refractivity contribution < 1.29 is 9.59 Å². The SMILES string of the molecule is CC(C)(CC(N)=O)NC(=O)C1CC12CCNCC2. The Morgan fingerprint density at radius 2 is 2.00 bits per heavy atom. The summed E-state index contributed by atoms with van der Waals surface area (Å²) < 4.78 is 0. The van der Waals surface area contributed by atoms with E-state index in [0.29, 0.717) is 0 Å². The average molecular weight is 253 g/mol. The van der Waals surface area contributed by atoms with Gasteiger partial charge in [-0.1, -0.05) is 0 Å². The Balaban J connectivity index is 1.88. The molecule has 0 aromatic rings. The number of carbonyl (C=O) groups is 2. The highest BCUT2D eigenvalue weighted by molar-refractivity contribution is 5.84. The molecule has 1 unspecified atom stereocenters. The summed E-state index contributed by atoms with van der Waals surface area (Å²) in [5, 5.41) is 6.28. The summed E-state index contributed by atoms with van der Waals surface area (Å²) in [6.45, 7) is 5.70. The number of nitrogens with two attached hydrogens (primary N) is 1. The van der Waals surface area contributed by atoms with E-state index >= 15 is 0 Å². The van der Waals surface area contributed by atoms with Crippen LogP contribution in [0.15, 0.2) is 0 Å². The molecule has 1 saturated heterocycles. The predicted molar refractivity (Wildman–Crippen MR) is 68.7 cm³/mol. The number of nitrogens with one attached hydrogen (secondary N) is 2. The molecule has 0 bridgehead atoms. The van der Waals surface area contributed by atoms with Crippen LogP contribution in [0.1, 0.15) is 39.5 Å². The first-order valence-corrected chi connectivity index (χ1v) is 6.66. The Kier molecular flexibility index (Phi) is 3.36. The minimum atomic E-state index is -0.542. The van der Waals surface area contributed by atoms with Gasteiger partial charge < -0.3 is 16.4 Å². The molecule has 0 aromatic carbocycles. The van der Waals surface area contributed by atoms with Crippen molar-refractivity contribution in [3.8, 4) is 0 Å². The molecule has 1 aliphatic heterocycles. The van der Waals surface area contributed by atoms with E-state index in [4.69, 9.17) is 5.73 Å². The van der Waals surface area contributed by atoms with Crippen LogP contribution in [0.25, 0.3) is 0 Å². The van der Waals surface area contributed by atoms with Crippen molar-refractivity contribution >= 4 is 11.8 Å². The molecule has 1 spiro atoms. The molecule has 2 amide bonds. The fraction of sp³-hybridized carbons (Fsp3) is 0.846. The third-order valence-electron chi connectivity index (χ3n) is 4.18. The molecule has 4 N–H and O–H groups in total. The zero-order chi connectivity index (χ0) is 13.4. The normalized spacial score (nSPS) is 25.8. The third-order valence-corrected chi connectivity index (χ3v) is 4.18. The van der Waals surface area contributed by atoms with Crippen LogP contribution < -0.4 is 16.4 Å². The van der Waals surface area contributed by atoms with Gasteiger partial charge in [0, 0.05) is 17.9 Å². The first kappa shape index (κ1) is 13.3. The monoisotopic (exact) mass is 253 g/mol. The van der Waals surface area contributed by atoms with Gasteiger partial charge in [-0.25, -0.2) is 0 Å². The predicted octanol–water partition coefficient (Wildman–Crippen LogP) is 0.146. The van der Waals surface area contributed by atoms with Crippen molar-refractivity contribution in [1.82, 2.24) is 10.6 Å². The van der Waals surface area contributed by atoms with Crippen LogP contribution >= 0.6 is 0 Å². The van der Waals surface area contributed by atoms with Gasteiger partial charge in [0.1, 0.15) is 0 Å². The number of amides is 2. The molecule has 18 heavy (non-hydrogen) atoms. The maximum Gasteiger partial charge on any atom is 0.224 e. The van der Waals surface area contributed by atoms with Crippen LogP contribution in [-0.2, 0) is 9.59 Å². The third kappa shape index (κ3) is 2.83. The van der Waals surface area contributed by atoms with Gasteiger partial charge in [-0.3, -0.25) is 9.59 Å². The number of hydrogen-bond acceptors (Lipinski definition) is 3. The summed E-state index contributed by atoms with van der Waals surface area (Å²) in [6, 6.07) is 0. The molecule has 102 valence electrons. The number of piperidine rings is 1. The highest BCUT2D eigenvalue weighted by atomic mass is 16.2. The Morgan fingerprint density at radius 1 is 1.39 bits per heavy atom. The van der Waals surface area contributed by atoms with E-state index < -0.39 is 5.54 Å². The summed E-state index contributed by atoms with van der Waals surface area (Å²) in [6.07, 6.45) is 3.34. The van der Waals surface area contributed by atoms with Gasteiger partial charge in [0.25, 0.3) is 0 Å². The summed E-state index contributed by atoms with van der Waals surface area (Å²) in [5.74, 6) is -0.164. The zero-order valence-corrected chi connectivity index (χ0v) is 11.2. The molecule has 0 aromatic heterocycles. The fourth-order valence-corrected chi connectivity index (χ4v) is 3.10. The smallest absolute Gasteiger partial charge is 0.224 e. The second kappa shape index (κ2) is 4.53. The van der Waals surface area contributed by atoms with Crippen LogP contribution in [0.4, 0.5) is 0 Å². The summed E-state index contributed by atoms with van der Waals surface area (Å²) in [7, 11) is 0. The van der Waals surface area contributed by atoms with Crippen molar-refractivity contribution in [2.45, 2.75) is 45.1 Å². The lowest BCUT2D eigenvalue weighted by atomic mass is 9.91. The van der Waals surface area contributed by atoms with Crippen LogP contribution in [-0.4, -0.2) is 30.4 Å². The second-order valence-corrected chi connectivity index (χ2v) is 6.39. The van der Waals surface area contributed by atoms with Gasteiger partial charge in [-0.2, -0.15) is 0 Å². The molecular formula is C13H23N3O2. The lowest BCUT2D eigenvalue weighted by Gasteiger charge is -2.27. The summed E-state index contributed by atoms with van der Waals surface area (Å²) >= 11 is 0. The van der Waals surface area contributed by atoms with E-state index in [2.05, 4.69) is 10.6 Å². The minimum Gasteiger partial charge on any atom is -0.370 e. The summed E-state index contributed by atoms with van der Waals surface area (Å²) in [5.41, 5.74) is 4.88. The van der Waals surface area contributed by atoms with E-state index in [-0.39, 0.29) is 29.6 Å².